The Hall–Kier alpha value is -5.34. The highest BCUT2D eigenvalue weighted by Crippen LogP contribution is 2.24. The number of benzene rings is 2. The van der Waals surface area contributed by atoms with E-state index in [1.54, 1.807) is 25.4 Å². The third kappa shape index (κ3) is 6.12. The summed E-state index contributed by atoms with van der Waals surface area (Å²) >= 11 is 6.35. The Labute approximate surface area is 266 Å². The zero-order valence-electron chi connectivity index (χ0n) is 24.6. The van der Waals surface area contributed by atoms with Gasteiger partial charge in [0.15, 0.2) is 11.2 Å². The van der Waals surface area contributed by atoms with Crippen molar-refractivity contribution in [2.24, 2.45) is 0 Å². The molecule has 0 bridgehead atoms. The van der Waals surface area contributed by atoms with E-state index in [4.69, 9.17) is 17.3 Å². The third-order valence-corrected chi connectivity index (χ3v) is 8.32. The molecule has 3 atom stereocenters. The van der Waals surface area contributed by atoms with E-state index in [0.29, 0.717) is 5.02 Å². The number of amides is 3. The summed E-state index contributed by atoms with van der Waals surface area (Å²) in [5.41, 5.74) is 6.84. The van der Waals surface area contributed by atoms with Gasteiger partial charge < -0.3 is 30.9 Å². The number of fused-ring (bicyclic) bond motifs is 2. The normalized spacial score (nSPS) is 16.9. The number of aromatic nitrogens is 5. The van der Waals surface area contributed by atoms with Gasteiger partial charge in [0.2, 0.25) is 17.8 Å². The van der Waals surface area contributed by atoms with Gasteiger partial charge in [-0.25, -0.2) is 9.97 Å². The van der Waals surface area contributed by atoms with Gasteiger partial charge in [-0.2, -0.15) is 4.98 Å². The van der Waals surface area contributed by atoms with Crippen molar-refractivity contribution in [1.29, 1.82) is 0 Å². The van der Waals surface area contributed by atoms with E-state index in [2.05, 4.69) is 30.2 Å². The first-order valence-electron chi connectivity index (χ1n) is 14.4. The molecule has 2 aromatic carbocycles. The molecule has 1 saturated heterocycles. The highest BCUT2D eigenvalue weighted by molar-refractivity contribution is 6.31. The lowest BCUT2D eigenvalue weighted by Gasteiger charge is -2.28. The van der Waals surface area contributed by atoms with Gasteiger partial charge in [-0.1, -0.05) is 48.0 Å². The lowest BCUT2D eigenvalue weighted by molar-refractivity contribution is -0.136. The molecule has 236 valence electrons. The number of carbonyl (C=O) groups is 3. The Morgan fingerprint density at radius 2 is 1.91 bits per heavy atom. The molecule has 3 aromatic heterocycles. The quantitative estimate of drug-likeness (QED) is 0.165. The fourth-order valence-corrected chi connectivity index (χ4v) is 5.88. The minimum absolute atomic E-state index is 0.0481. The highest BCUT2D eigenvalue weighted by atomic mass is 35.5. The SMILES string of the molecule is CN(Cc1ccccc1Cl)C(=O)C(Cc1c[nH]c2ccccc12)NC(=O)C1C[C@@H](O)CN1C(=O)c1cnc2nc(N)[nH]c(=O)c2n1. The van der Waals surface area contributed by atoms with Gasteiger partial charge in [-0.05, 0) is 23.3 Å². The standard InChI is InChI=1S/C31H30ClN9O5/c1-40(14-16-6-2-4-8-20(16)32)29(45)22(10-17-12-34-21-9-5-3-7-19(17)21)37-27(43)24-11-18(42)15-41(24)30(46)23-13-35-26-25(36-23)28(44)39-31(33)38-26/h2-9,12-13,18,22,24,34,42H,10-11,14-15H2,1H3,(H,37,43)(H3,33,35,38,39,44)/t18-,22?,24?/m1/s1. The van der Waals surface area contributed by atoms with Crippen LogP contribution in [0.4, 0.5) is 5.95 Å². The fourth-order valence-electron chi connectivity index (χ4n) is 5.69. The number of β-amino-alcohol motifs (C(OH)–C–C–N with tert-alkyl or cyclic N) is 1. The number of likely N-dealkylation sites (N-methyl/N-ethyl adjacent to an activating group) is 1. The second kappa shape index (κ2) is 12.6. The molecule has 1 aliphatic heterocycles. The van der Waals surface area contributed by atoms with E-state index in [1.165, 1.54) is 4.90 Å². The van der Waals surface area contributed by atoms with Gasteiger partial charge in [-0.3, -0.25) is 24.2 Å². The molecule has 3 amide bonds. The van der Waals surface area contributed by atoms with Crippen LogP contribution in [-0.4, -0.2) is 89.3 Å². The third-order valence-electron chi connectivity index (χ3n) is 7.95. The number of H-pyrrole nitrogens is 2. The fraction of sp³-hybridized carbons (Fsp3) is 0.258. The number of aromatic amines is 2. The van der Waals surface area contributed by atoms with E-state index in [0.717, 1.165) is 33.1 Å². The lowest BCUT2D eigenvalue weighted by atomic mass is 10.0. The topological polar surface area (TPSA) is 203 Å². The average Bonchev–Trinajstić information content (AvgIpc) is 3.64. The van der Waals surface area contributed by atoms with Gasteiger partial charge in [0.25, 0.3) is 11.5 Å². The average molecular weight is 644 g/mol. The summed E-state index contributed by atoms with van der Waals surface area (Å²) in [7, 11) is 1.62. The Bertz CT molecular complexity index is 2030. The van der Waals surface area contributed by atoms with Crippen LogP contribution < -0.4 is 16.6 Å². The summed E-state index contributed by atoms with van der Waals surface area (Å²) in [5, 5.41) is 14.8. The first-order chi connectivity index (χ1) is 22.1. The number of hydrogen-bond donors (Lipinski definition) is 5. The molecule has 6 rings (SSSR count). The van der Waals surface area contributed by atoms with Crippen LogP contribution in [0.1, 0.15) is 28.0 Å². The number of aliphatic hydroxyl groups is 1. The number of carbonyl (C=O) groups excluding carboxylic acids is 3. The molecule has 14 nitrogen and oxygen atoms in total. The summed E-state index contributed by atoms with van der Waals surface area (Å²) in [6, 6.07) is 12.6. The van der Waals surface area contributed by atoms with Crippen molar-refractivity contribution in [3.63, 3.8) is 0 Å². The van der Waals surface area contributed by atoms with Crippen molar-refractivity contribution in [2.45, 2.75) is 37.6 Å². The second-order valence-corrected chi connectivity index (χ2v) is 11.6. The van der Waals surface area contributed by atoms with Crippen molar-refractivity contribution in [2.75, 3.05) is 19.3 Å². The summed E-state index contributed by atoms with van der Waals surface area (Å²) in [6.07, 6.45) is 2.00. The number of nitrogens with one attached hydrogen (secondary N) is 3. The lowest BCUT2D eigenvalue weighted by Crippen LogP contribution is -2.54. The van der Waals surface area contributed by atoms with Gasteiger partial charge in [0, 0.05) is 55.1 Å². The molecule has 0 aliphatic carbocycles. The van der Waals surface area contributed by atoms with Crippen molar-refractivity contribution >= 4 is 57.3 Å². The van der Waals surface area contributed by atoms with E-state index in [1.807, 2.05) is 36.4 Å². The Morgan fingerprint density at radius 3 is 2.72 bits per heavy atom. The van der Waals surface area contributed by atoms with E-state index >= 15 is 0 Å². The second-order valence-electron chi connectivity index (χ2n) is 11.2. The molecule has 5 aromatic rings. The first kappa shape index (κ1) is 30.7. The predicted octanol–water partition coefficient (Wildman–Crippen LogP) is 1.39. The maximum absolute atomic E-state index is 13.9. The van der Waals surface area contributed by atoms with Crippen LogP contribution in [0, 0.1) is 0 Å². The van der Waals surface area contributed by atoms with Gasteiger partial charge in [0.1, 0.15) is 17.8 Å². The highest BCUT2D eigenvalue weighted by Gasteiger charge is 2.41. The number of para-hydroxylation sites is 1. The number of hydrogen-bond acceptors (Lipinski definition) is 9. The number of likely N-dealkylation sites (tertiary alicyclic amines) is 1. The minimum atomic E-state index is -1.13. The van der Waals surface area contributed by atoms with E-state index in [9.17, 15) is 24.3 Å². The first-order valence-corrected chi connectivity index (χ1v) is 14.8. The molecular weight excluding hydrogens is 614 g/mol. The molecule has 15 heteroatoms. The summed E-state index contributed by atoms with van der Waals surface area (Å²) in [5.74, 6) is -1.88. The zero-order chi connectivity index (χ0) is 32.5. The van der Waals surface area contributed by atoms with Crippen molar-refractivity contribution in [3.8, 4) is 0 Å². The molecule has 0 radical (unpaired) electrons. The Kier molecular flexibility index (Phi) is 8.39. The summed E-state index contributed by atoms with van der Waals surface area (Å²) < 4.78 is 0. The van der Waals surface area contributed by atoms with E-state index in [-0.39, 0.29) is 54.6 Å². The van der Waals surface area contributed by atoms with Crippen LogP contribution in [0.5, 0.6) is 0 Å². The number of nitrogen functional groups attached to an aromatic ring is 1. The van der Waals surface area contributed by atoms with Crippen LogP contribution in [-0.2, 0) is 22.6 Å². The van der Waals surface area contributed by atoms with Crippen LogP contribution in [0.2, 0.25) is 5.02 Å². The molecular formula is C31H30ClN9O5. The van der Waals surface area contributed by atoms with Crippen LogP contribution in [0.15, 0.2) is 65.7 Å². The van der Waals surface area contributed by atoms with Crippen LogP contribution in [0.25, 0.3) is 22.1 Å². The largest absolute Gasteiger partial charge is 0.391 e. The number of anilines is 1. The van der Waals surface area contributed by atoms with Crippen molar-refractivity contribution in [1.82, 2.24) is 40.0 Å². The minimum Gasteiger partial charge on any atom is -0.391 e. The number of aliphatic hydroxyl groups excluding tert-OH is 1. The maximum Gasteiger partial charge on any atom is 0.280 e. The zero-order valence-corrected chi connectivity index (χ0v) is 25.4. The monoisotopic (exact) mass is 643 g/mol. The molecule has 4 heterocycles. The van der Waals surface area contributed by atoms with Crippen LogP contribution in [0.3, 0.4) is 0 Å². The molecule has 1 fully saturated rings. The molecule has 1 aliphatic rings. The number of rotatable bonds is 8. The maximum atomic E-state index is 13.9. The van der Waals surface area contributed by atoms with E-state index < -0.39 is 35.6 Å². The van der Waals surface area contributed by atoms with Crippen molar-refractivity contribution in [3.05, 3.63) is 93.1 Å². The summed E-state index contributed by atoms with van der Waals surface area (Å²) in [4.78, 5) is 73.9. The molecule has 6 N–H and O–H groups in total. The predicted molar refractivity (Wildman–Crippen MR) is 170 cm³/mol. The Morgan fingerprint density at radius 1 is 1.15 bits per heavy atom. The van der Waals surface area contributed by atoms with Crippen LogP contribution >= 0.6 is 11.6 Å². The molecule has 46 heavy (non-hydrogen) atoms. The number of nitrogens with zero attached hydrogens (tertiary/aromatic N) is 5. The molecule has 0 saturated carbocycles. The van der Waals surface area contributed by atoms with Gasteiger partial charge in [0.05, 0.1) is 12.3 Å². The van der Waals surface area contributed by atoms with Gasteiger partial charge >= 0.3 is 0 Å². The van der Waals surface area contributed by atoms with Gasteiger partial charge in [-0.15, -0.1) is 0 Å². The number of nitrogens with two attached hydrogens (primary N) is 1. The Balaban J connectivity index is 1.27. The molecule has 0 spiro atoms. The summed E-state index contributed by atoms with van der Waals surface area (Å²) in [6.45, 7) is 0.0340. The smallest absolute Gasteiger partial charge is 0.280 e. The van der Waals surface area contributed by atoms with Crippen molar-refractivity contribution < 1.29 is 19.5 Å². The number of halogens is 1. The molecule has 2 unspecified atom stereocenters.